The maximum Gasteiger partial charge on any atom is 0.223 e. The van der Waals surface area contributed by atoms with Crippen molar-refractivity contribution in [1.29, 1.82) is 0 Å². The van der Waals surface area contributed by atoms with Gasteiger partial charge in [0, 0.05) is 30.9 Å². The quantitative estimate of drug-likeness (QED) is 0.682. The van der Waals surface area contributed by atoms with Crippen LogP contribution < -0.4 is 5.32 Å². The Morgan fingerprint density at radius 2 is 1.93 bits per heavy atom. The summed E-state index contributed by atoms with van der Waals surface area (Å²) in [6.45, 7) is 8.03. The molecule has 0 unspecified atom stereocenters. The molecule has 7 nitrogen and oxygen atoms in total. The Labute approximate surface area is 165 Å². The third-order valence-corrected chi connectivity index (χ3v) is 5.21. The van der Waals surface area contributed by atoms with Crippen molar-refractivity contribution in [2.75, 3.05) is 31.5 Å². The lowest BCUT2D eigenvalue weighted by Gasteiger charge is -2.19. The Balaban J connectivity index is 1.53. The molecule has 1 fully saturated rings. The minimum absolute atomic E-state index is 0.616. The Hall–Kier alpha value is -2.67. The van der Waals surface area contributed by atoms with Crippen LogP contribution in [0.15, 0.2) is 33.5 Å². The Kier molecular flexibility index (Phi) is 5.71. The molecule has 3 aromatic rings. The summed E-state index contributed by atoms with van der Waals surface area (Å²) in [5.41, 5.74) is 3.35. The lowest BCUT2D eigenvalue weighted by atomic mass is 10.1. The van der Waals surface area contributed by atoms with E-state index < -0.39 is 0 Å². The second kappa shape index (κ2) is 8.56. The average Bonchev–Trinajstić information content (AvgIpc) is 3.22. The lowest BCUT2D eigenvalue weighted by Crippen LogP contribution is -2.30. The molecule has 0 amide bonds. The summed E-state index contributed by atoms with van der Waals surface area (Å²) in [4.78, 5) is 11.8. The van der Waals surface area contributed by atoms with Gasteiger partial charge in [-0.15, -0.1) is 0 Å². The van der Waals surface area contributed by atoms with E-state index in [4.69, 9.17) is 13.9 Å². The standard InChI is InChI=1S/C21H27N5O2/c1-15-13-19(28-25-15)18-14-23-21(24-20(18)17-7-12-27-16(17)2)22-8-11-26-9-5-3-4-6-10-26/h7,12-14H,3-6,8-11H2,1-2H3,(H,22,23,24). The number of nitrogens with one attached hydrogen (secondary N) is 1. The minimum atomic E-state index is 0.616. The molecule has 0 atom stereocenters. The number of rotatable bonds is 6. The van der Waals surface area contributed by atoms with Gasteiger partial charge in [-0.05, 0) is 45.8 Å². The first-order chi connectivity index (χ1) is 13.7. The zero-order valence-corrected chi connectivity index (χ0v) is 16.6. The molecule has 4 rings (SSSR count). The van der Waals surface area contributed by atoms with Crippen LogP contribution in [0.5, 0.6) is 0 Å². The van der Waals surface area contributed by atoms with Gasteiger partial charge in [-0.25, -0.2) is 9.97 Å². The summed E-state index contributed by atoms with van der Waals surface area (Å²) in [6, 6.07) is 3.81. The molecule has 0 radical (unpaired) electrons. The molecule has 1 saturated heterocycles. The summed E-state index contributed by atoms with van der Waals surface area (Å²) >= 11 is 0. The van der Waals surface area contributed by atoms with Crippen molar-refractivity contribution in [3.05, 3.63) is 36.0 Å². The van der Waals surface area contributed by atoms with Crippen LogP contribution in [-0.2, 0) is 0 Å². The number of aryl methyl sites for hydroxylation is 2. The van der Waals surface area contributed by atoms with Crippen LogP contribution in [0.25, 0.3) is 22.6 Å². The molecule has 1 aliphatic heterocycles. The predicted octanol–water partition coefficient (Wildman–Crippen LogP) is 4.30. The van der Waals surface area contributed by atoms with Gasteiger partial charge >= 0.3 is 0 Å². The van der Waals surface area contributed by atoms with Gasteiger partial charge in [0.25, 0.3) is 0 Å². The van der Waals surface area contributed by atoms with Crippen LogP contribution in [0.4, 0.5) is 5.95 Å². The van der Waals surface area contributed by atoms with E-state index in [1.807, 2.05) is 26.0 Å². The molecule has 28 heavy (non-hydrogen) atoms. The fourth-order valence-corrected chi connectivity index (χ4v) is 3.66. The van der Waals surface area contributed by atoms with Crippen molar-refractivity contribution in [1.82, 2.24) is 20.0 Å². The number of hydrogen-bond donors (Lipinski definition) is 1. The minimum Gasteiger partial charge on any atom is -0.469 e. The fraction of sp³-hybridized carbons (Fsp3) is 0.476. The first-order valence-electron chi connectivity index (χ1n) is 10.0. The summed E-state index contributed by atoms with van der Waals surface area (Å²) in [7, 11) is 0. The average molecular weight is 381 g/mol. The largest absolute Gasteiger partial charge is 0.469 e. The van der Waals surface area contributed by atoms with E-state index in [1.54, 1.807) is 12.5 Å². The lowest BCUT2D eigenvalue weighted by molar-refractivity contribution is 0.296. The highest BCUT2D eigenvalue weighted by atomic mass is 16.5. The molecule has 7 heteroatoms. The first kappa shape index (κ1) is 18.7. The molecule has 1 aliphatic rings. The molecule has 4 heterocycles. The SMILES string of the molecule is Cc1cc(-c2cnc(NCCN3CCCCCC3)nc2-c2ccoc2C)on1. The van der Waals surface area contributed by atoms with E-state index in [0.29, 0.717) is 11.7 Å². The number of nitrogens with zero attached hydrogens (tertiary/aromatic N) is 4. The molecule has 0 bridgehead atoms. The van der Waals surface area contributed by atoms with Crippen molar-refractivity contribution in [2.24, 2.45) is 0 Å². The zero-order chi connectivity index (χ0) is 19.3. The molecular weight excluding hydrogens is 354 g/mol. The maximum atomic E-state index is 5.49. The van der Waals surface area contributed by atoms with Crippen LogP contribution in [-0.4, -0.2) is 46.2 Å². The van der Waals surface area contributed by atoms with Crippen molar-refractivity contribution in [2.45, 2.75) is 39.5 Å². The summed E-state index contributed by atoms with van der Waals surface area (Å²) in [5, 5.41) is 7.37. The van der Waals surface area contributed by atoms with Crippen molar-refractivity contribution in [3.63, 3.8) is 0 Å². The number of hydrogen-bond acceptors (Lipinski definition) is 7. The summed E-state index contributed by atoms with van der Waals surface area (Å²) < 4.78 is 10.9. The smallest absolute Gasteiger partial charge is 0.223 e. The van der Waals surface area contributed by atoms with Crippen molar-refractivity contribution in [3.8, 4) is 22.6 Å². The molecule has 0 aliphatic carbocycles. The Bertz CT molecular complexity index is 909. The van der Waals surface area contributed by atoms with Crippen LogP contribution in [0.2, 0.25) is 0 Å². The van der Waals surface area contributed by atoms with Crippen molar-refractivity contribution >= 4 is 5.95 Å². The van der Waals surface area contributed by atoms with E-state index in [2.05, 4.69) is 20.4 Å². The van der Waals surface area contributed by atoms with Gasteiger partial charge in [0.1, 0.15) is 5.76 Å². The number of anilines is 1. The monoisotopic (exact) mass is 381 g/mol. The second-order valence-electron chi connectivity index (χ2n) is 7.36. The third kappa shape index (κ3) is 4.25. The molecule has 0 saturated carbocycles. The van der Waals surface area contributed by atoms with Gasteiger partial charge in [-0.3, -0.25) is 0 Å². The molecule has 148 valence electrons. The second-order valence-corrected chi connectivity index (χ2v) is 7.36. The highest BCUT2D eigenvalue weighted by molar-refractivity contribution is 5.79. The molecule has 0 aromatic carbocycles. The molecular formula is C21H27N5O2. The fourth-order valence-electron chi connectivity index (χ4n) is 3.66. The van der Waals surface area contributed by atoms with E-state index >= 15 is 0 Å². The molecule has 3 aromatic heterocycles. The third-order valence-electron chi connectivity index (χ3n) is 5.21. The Morgan fingerprint density at radius 3 is 2.61 bits per heavy atom. The van der Waals surface area contributed by atoms with Crippen LogP contribution in [0, 0.1) is 13.8 Å². The highest BCUT2D eigenvalue weighted by Gasteiger charge is 2.18. The number of furan rings is 1. The maximum absolute atomic E-state index is 5.49. The molecule has 0 spiro atoms. The van der Waals surface area contributed by atoms with Crippen molar-refractivity contribution < 1.29 is 8.94 Å². The van der Waals surface area contributed by atoms with Gasteiger partial charge in [0.05, 0.1) is 23.2 Å². The van der Waals surface area contributed by atoms with E-state index in [1.165, 1.54) is 38.8 Å². The van der Waals surface area contributed by atoms with Crippen LogP contribution in [0.3, 0.4) is 0 Å². The summed E-state index contributed by atoms with van der Waals surface area (Å²) in [5.74, 6) is 2.08. The van der Waals surface area contributed by atoms with E-state index in [0.717, 1.165) is 41.4 Å². The first-order valence-corrected chi connectivity index (χ1v) is 10.0. The van der Waals surface area contributed by atoms with Gasteiger partial charge in [-0.2, -0.15) is 0 Å². The molecule has 1 N–H and O–H groups in total. The highest BCUT2D eigenvalue weighted by Crippen LogP contribution is 2.33. The number of aromatic nitrogens is 3. The predicted molar refractivity (Wildman–Crippen MR) is 108 cm³/mol. The van der Waals surface area contributed by atoms with Gasteiger partial charge in [0.15, 0.2) is 5.76 Å². The van der Waals surface area contributed by atoms with E-state index in [-0.39, 0.29) is 0 Å². The number of likely N-dealkylation sites (tertiary alicyclic amines) is 1. The topological polar surface area (TPSA) is 80.2 Å². The van der Waals surface area contributed by atoms with Gasteiger partial charge < -0.3 is 19.2 Å². The van der Waals surface area contributed by atoms with Crippen LogP contribution in [0.1, 0.15) is 37.1 Å². The van der Waals surface area contributed by atoms with Gasteiger partial charge in [0.2, 0.25) is 5.95 Å². The normalized spacial score (nSPS) is 15.5. The van der Waals surface area contributed by atoms with Gasteiger partial charge in [-0.1, -0.05) is 18.0 Å². The van der Waals surface area contributed by atoms with E-state index in [9.17, 15) is 0 Å². The van der Waals surface area contributed by atoms with Crippen LogP contribution >= 0.6 is 0 Å². The zero-order valence-electron chi connectivity index (χ0n) is 16.6. The summed E-state index contributed by atoms with van der Waals surface area (Å²) in [6.07, 6.45) is 8.76. The Morgan fingerprint density at radius 1 is 1.11 bits per heavy atom.